The fraction of sp³-hybridized carbons (Fsp3) is 0.316. The second kappa shape index (κ2) is 8.30. The number of carbonyl (C=O) groups excluding carboxylic acids is 1. The van der Waals surface area contributed by atoms with Crippen LogP contribution >= 0.6 is 0 Å². The van der Waals surface area contributed by atoms with Crippen LogP contribution in [0.3, 0.4) is 0 Å². The number of nitrogens with one attached hydrogen (secondary N) is 1. The van der Waals surface area contributed by atoms with Crippen LogP contribution < -0.4 is 19.1 Å². The molecule has 0 bridgehead atoms. The quantitative estimate of drug-likeness (QED) is 0.735. The van der Waals surface area contributed by atoms with E-state index >= 15 is 0 Å². The topological polar surface area (TPSA) is 84.9 Å². The number of benzene rings is 2. The van der Waals surface area contributed by atoms with Gasteiger partial charge in [0.1, 0.15) is 18.1 Å². The molecule has 0 aromatic heterocycles. The van der Waals surface area contributed by atoms with Crippen LogP contribution in [0.5, 0.6) is 11.5 Å². The average Bonchev–Trinajstić information content (AvgIpc) is 2.64. The molecule has 1 amide bonds. The Labute approximate surface area is 158 Å². The highest BCUT2D eigenvalue weighted by atomic mass is 32.2. The molecule has 1 aliphatic rings. The Hall–Kier alpha value is -2.74. The Morgan fingerprint density at radius 3 is 2.74 bits per heavy atom. The Bertz CT molecular complexity index is 900. The number of carbonyl (C=O) groups is 1. The van der Waals surface area contributed by atoms with E-state index in [2.05, 4.69) is 5.32 Å². The van der Waals surface area contributed by atoms with Crippen molar-refractivity contribution in [1.82, 2.24) is 0 Å². The molecule has 1 N–H and O–H groups in total. The summed E-state index contributed by atoms with van der Waals surface area (Å²) >= 11 is 0. The van der Waals surface area contributed by atoms with Crippen LogP contribution in [0.2, 0.25) is 0 Å². The van der Waals surface area contributed by atoms with Crippen molar-refractivity contribution >= 4 is 27.3 Å². The van der Waals surface area contributed by atoms with Crippen molar-refractivity contribution < 1.29 is 22.7 Å². The summed E-state index contributed by atoms with van der Waals surface area (Å²) in [5.74, 6) is 1.08. The molecule has 0 spiro atoms. The maximum atomic E-state index is 12.1. The van der Waals surface area contributed by atoms with Crippen LogP contribution in [0.4, 0.5) is 11.4 Å². The van der Waals surface area contributed by atoms with Gasteiger partial charge in [-0.3, -0.25) is 9.10 Å². The molecule has 0 radical (unpaired) electrons. The predicted octanol–water partition coefficient (Wildman–Crippen LogP) is 2.64. The zero-order chi connectivity index (χ0) is 19.3. The number of hydrogen-bond donors (Lipinski definition) is 1. The first-order valence-corrected chi connectivity index (χ1v) is 10.5. The van der Waals surface area contributed by atoms with Gasteiger partial charge in [0.15, 0.2) is 0 Å². The summed E-state index contributed by atoms with van der Waals surface area (Å²) in [5, 5.41) is 2.80. The second-order valence-corrected chi connectivity index (χ2v) is 8.09. The fourth-order valence-corrected chi connectivity index (χ4v) is 3.69. The number of sulfonamides is 1. The van der Waals surface area contributed by atoms with E-state index in [1.807, 2.05) is 30.3 Å². The summed E-state index contributed by atoms with van der Waals surface area (Å²) in [5.41, 5.74) is 1.05. The fourth-order valence-electron chi connectivity index (χ4n) is 2.78. The molecule has 0 aliphatic carbocycles. The second-order valence-electron chi connectivity index (χ2n) is 6.18. The molecule has 8 heteroatoms. The van der Waals surface area contributed by atoms with Gasteiger partial charge in [-0.2, -0.15) is 0 Å². The maximum Gasteiger partial charge on any atom is 0.232 e. The highest BCUT2D eigenvalue weighted by Gasteiger charge is 2.25. The van der Waals surface area contributed by atoms with Crippen molar-refractivity contribution in [3.63, 3.8) is 0 Å². The van der Waals surface area contributed by atoms with E-state index in [0.29, 0.717) is 36.6 Å². The molecule has 0 saturated heterocycles. The molecule has 27 heavy (non-hydrogen) atoms. The van der Waals surface area contributed by atoms with Crippen LogP contribution in [-0.2, 0) is 14.8 Å². The zero-order valence-electron chi connectivity index (χ0n) is 15.1. The maximum absolute atomic E-state index is 12.1. The molecule has 144 valence electrons. The van der Waals surface area contributed by atoms with Crippen LogP contribution in [0.1, 0.15) is 12.8 Å². The predicted molar refractivity (Wildman–Crippen MR) is 104 cm³/mol. The van der Waals surface area contributed by atoms with Crippen molar-refractivity contribution in [2.75, 3.05) is 35.6 Å². The molecule has 1 heterocycles. The molecular weight excluding hydrogens is 368 g/mol. The minimum absolute atomic E-state index is 0.137. The summed E-state index contributed by atoms with van der Waals surface area (Å²) in [6.45, 7) is 1.00. The van der Waals surface area contributed by atoms with Gasteiger partial charge in [-0.05, 0) is 30.7 Å². The molecule has 0 unspecified atom stereocenters. The Morgan fingerprint density at radius 2 is 2.00 bits per heavy atom. The summed E-state index contributed by atoms with van der Waals surface area (Å²) in [6.07, 6.45) is 2.07. The standard InChI is InChI=1S/C19H22N2O5S/c1-27(23,24)21-11-13-26-18-14-15(9-10-17(18)21)20-19(22)8-5-12-25-16-6-3-2-4-7-16/h2-4,6-7,9-10,14H,5,8,11-13H2,1H3,(H,20,22). The normalized spacial score (nSPS) is 13.4. The number of anilines is 2. The number of ether oxygens (including phenoxy) is 2. The number of para-hydroxylation sites is 1. The summed E-state index contributed by atoms with van der Waals surface area (Å²) in [4.78, 5) is 12.1. The lowest BCUT2D eigenvalue weighted by atomic mass is 10.2. The van der Waals surface area contributed by atoms with Crippen LogP contribution in [-0.4, -0.2) is 40.3 Å². The first-order valence-electron chi connectivity index (χ1n) is 8.66. The van der Waals surface area contributed by atoms with Gasteiger partial charge in [-0.1, -0.05) is 18.2 Å². The highest BCUT2D eigenvalue weighted by Crippen LogP contribution is 2.35. The van der Waals surface area contributed by atoms with Crippen LogP contribution in [0.25, 0.3) is 0 Å². The smallest absolute Gasteiger partial charge is 0.232 e. The molecule has 7 nitrogen and oxygen atoms in total. The number of fused-ring (bicyclic) bond motifs is 1. The van der Waals surface area contributed by atoms with E-state index < -0.39 is 10.0 Å². The number of hydrogen-bond acceptors (Lipinski definition) is 5. The van der Waals surface area contributed by atoms with E-state index in [-0.39, 0.29) is 19.1 Å². The Morgan fingerprint density at radius 1 is 1.22 bits per heavy atom. The summed E-state index contributed by atoms with van der Waals surface area (Å²) in [7, 11) is -3.36. The Kier molecular flexibility index (Phi) is 5.85. The summed E-state index contributed by atoms with van der Waals surface area (Å²) < 4.78 is 36.1. The van der Waals surface area contributed by atoms with Crippen molar-refractivity contribution in [2.45, 2.75) is 12.8 Å². The van der Waals surface area contributed by atoms with Gasteiger partial charge in [0.2, 0.25) is 15.9 Å². The molecule has 0 fully saturated rings. The zero-order valence-corrected chi connectivity index (χ0v) is 15.9. The van der Waals surface area contributed by atoms with Crippen LogP contribution in [0, 0.1) is 0 Å². The van der Waals surface area contributed by atoms with Gasteiger partial charge >= 0.3 is 0 Å². The minimum atomic E-state index is -3.36. The molecular formula is C19H22N2O5S. The van der Waals surface area contributed by atoms with E-state index in [1.54, 1.807) is 18.2 Å². The molecule has 2 aromatic carbocycles. The lowest BCUT2D eigenvalue weighted by Crippen LogP contribution is -2.37. The number of rotatable bonds is 7. The average molecular weight is 390 g/mol. The third kappa shape index (κ3) is 5.13. The van der Waals surface area contributed by atoms with E-state index in [0.717, 1.165) is 12.0 Å². The van der Waals surface area contributed by atoms with E-state index in [9.17, 15) is 13.2 Å². The highest BCUT2D eigenvalue weighted by molar-refractivity contribution is 7.92. The van der Waals surface area contributed by atoms with Crippen molar-refractivity contribution in [3.8, 4) is 11.5 Å². The number of amides is 1. The monoisotopic (exact) mass is 390 g/mol. The van der Waals surface area contributed by atoms with Gasteiger partial charge in [-0.15, -0.1) is 0 Å². The van der Waals surface area contributed by atoms with Gasteiger partial charge in [-0.25, -0.2) is 8.42 Å². The first kappa shape index (κ1) is 19.0. The molecule has 2 aromatic rings. The van der Waals surface area contributed by atoms with Crippen molar-refractivity contribution in [1.29, 1.82) is 0 Å². The number of nitrogens with zero attached hydrogens (tertiary/aromatic N) is 1. The molecule has 3 rings (SSSR count). The third-order valence-corrected chi connectivity index (χ3v) is 5.20. The summed E-state index contributed by atoms with van der Waals surface area (Å²) in [6, 6.07) is 14.4. The molecule has 0 saturated carbocycles. The van der Waals surface area contributed by atoms with Gasteiger partial charge in [0.25, 0.3) is 0 Å². The largest absolute Gasteiger partial charge is 0.494 e. The Balaban J connectivity index is 1.53. The lowest BCUT2D eigenvalue weighted by Gasteiger charge is -2.29. The van der Waals surface area contributed by atoms with Gasteiger partial charge in [0.05, 0.1) is 25.1 Å². The van der Waals surface area contributed by atoms with Crippen LogP contribution in [0.15, 0.2) is 48.5 Å². The van der Waals surface area contributed by atoms with Crippen molar-refractivity contribution in [3.05, 3.63) is 48.5 Å². The van der Waals surface area contributed by atoms with Crippen molar-refractivity contribution in [2.24, 2.45) is 0 Å². The minimum Gasteiger partial charge on any atom is -0.494 e. The van der Waals surface area contributed by atoms with E-state index in [1.165, 1.54) is 4.31 Å². The van der Waals surface area contributed by atoms with Gasteiger partial charge in [0, 0.05) is 18.2 Å². The molecule has 0 atom stereocenters. The lowest BCUT2D eigenvalue weighted by molar-refractivity contribution is -0.116. The van der Waals surface area contributed by atoms with E-state index in [4.69, 9.17) is 9.47 Å². The SMILES string of the molecule is CS(=O)(=O)N1CCOc2cc(NC(=O)CCCOc3ccccc3)ccc21. The third-order valence-electron chi connectivity index (χ3n) is 4.02. The first-order chi connectivity index (χ1) is 12.9. The molecule has 1 aliphatic heterocycles. The van der Waals surface area contributed by atoms with Gasteiger partial charge < -0.3 is 14.8 Å².